The van der Waals surface area contributed by atoms with Gasteiger partial charge in [-0.3, -0.25) is 9.69 Å². The molecule has 0 unspecified atom stereocenters. The van der Waals surface area contributed by atoms with Gasteiger partial charge < -0.3 is 18.9 Å². The molecule has 0 bridgehead atoms. The highest BCUT2D eigenvalue weighted by molar-refractivity contribution is 5.73. The highest BCUT2D eigenvalue weighted by Gasteiger charge is 2.21. The first-order valence-corrected chi connectivity index (χ1v) is 8.40. The minimum absolute atomic E-state index is 0.0664. The van der Waals surface area contributed by atoms with E-state index in [0.29, 0.717) is 36.9 Å². The third kappa shape index (κ3) is 4.70. The van der Waals surface area contributed by atoms with Gasteiger partial charge in [0.2, 0.25) is 17.6 Å². The van der Waals surface area contributed by atoms with E-state index < -0.39 is 6.61 Å². The van der Waals surface area contributed by atoms with Crippen LogP contribution in [0.15, 0.2) is 22.7 Å². The number of ether oxygens (including phenoxy) is 2. The maximum atomic E-state index is 12.4. The van der Waals surface area contributed by atoms with Crippen LogP contribution in [0, 0.1) is 0 Å². The Morgan fingerprint density at radius 3 is 2.63 bits per heavy atom. The minimum Gasteiger partial charge on any atom is -0.493 e. The Hall–Kier alpha value is -2.75. The lowest BCUT2D eigenvalue weighted by Crippen LogP contribution is -2.47. The summed E-state index contributed by atoms with van der Waals surface area (Å²) in [6.07, 6.45) is 0. The van der Waals surface area contributed by atoms with Crippen molar-refractivity contribution in [2.75, 3.05) is 33.3 Å². The molecule has 0 aliphatic carbocycles. The van der Waals surface area contributed by atoms with Crippen LogP contribution >= 0.6 is 0 Å². The number of rotatable bonds is 6. The van der Waals surface area contributed by atoms with Gasteiger partial charge in [-0.1, -0.05) is 5.16 Å². The molecule has 0 N–H and O–H groups in total. The number of piperazine rings is 1. The quantitative estimate of drug-likeness (QED) is 0.756. The third-order valence-corrected chi connectivity index (χ3v) is 4.28. The number of alkyl halides is 2. The van der Waals surface area contributed by atoms with E-state index in [4.69, 9.17) is 9.26 Å². The van der Waals surface area contributed by atoms with E-state index in [2.05, 4.69) is 19.8 Å². The molecular weight excluding hydrogens is 362 g/mol. The number of amides is 1. The van der Waals surface area contributed by atoms with Gasteiger partial charge in [-0.05, 0) is 18.2 Å². The Balaban J connectivity index is 1.66. The van der Waals surface area contributed by atoms with Gasteiger partial charge in [-0.25, -0.2) is 0 Å². The zero-order valence-electron chi connectivity index (χ0n) is 15.0. The van der Waals surface area contributed by atoms with Crippen LogP contribution in [0.25, 0.3) is 11.4 Å². The summed E-state index contributed by atoms with van der Waals surface area (Å²) in [6.45, 7) is 1.88. The number of halogens is 2. The number of hydrogen-bond donors (Lipinski definition) is 0. The number of aromatic nitrogens is 2. The predicted molar refractivity (Wildman–Crippen MR) is 90.4 cm³/mol. The SMILES string of the molecule is COc1cc(-c2noc(CN3CCN(C(C)=O)CC3)n2)ccc1OC(F)F. The number of benzene rings is 1. The van der Waals surface area contributed by atoms with Crippen LogP contribution in [0.1, 0.15) is 12.8 Å². The smallest absolute Gasteiger partial charge is 0.387 e. The van der Waals surface area contributed by atoms with Crippen LogP contribution in [0.2, 0.25) is 0 Å². The first-order valence-electron chi connectivity index (χ1n) is 8.40. The summed E-state index contributed by atoms with van der Waals surface area (Å²) in [5, 5.41) is 3.94. The highest BCUT2D eigenvalue weighted by atomic mass is 19.3. The second-order valence-electron chi connectivity index (χ2n) is 6.04. The van der Waals surface area contributed by atoms with Crippen LogP contribution in [0.4, 0.5) is 8.78 Å². The average Bonchev–Trinajstić information content (AvgIpc) is 3.10. The van der Waals surface area contributed by atoms with Crippen molar-refractivity contribution in [3.05, 3.63) is 24.1 Å². The molecule has 8 nitrogen and oxygen atoms in total. The molecule has 0 radical (unpaired) electrons. The molecule has 146 valence electrons. The van der Waals surface area contributed by atoms with Crippen LogP contribution in [0.5, 0.6) is 11.5 Å². The molecule has 0 atom stereocenters. The maximum absolute atomic E-state index is 12.4. The molecule has 1 fully saturated rings. The molecule has 27 heavy (non-hydrogen) atoms. The lowest BCUT2D eigenvalue weighted by atomic mass is 10.2. The van der Waals surface area contributed by atoms with E-state index in [1.165, 1.54) is 19.2 Å². The van der Waals surface area contributed by atoms with Gasteiger partial charge in [-0.15, -0.1) is 0 Å². The summed E-state index contributed by atoms with van der Waals surface area (Å²) in [5.74, 6) is 0.924. The van der Waals surface area contributed by atoms with Gasteiger partial charge in [0, 0.05) is 38.7 Å². The number of carbonyl (C=O) groups excluding carboxylic acids is 1. The second-order valence-corrected chi connectivity index (χ2v) is 6.04. The zero-order valence-corrected chi connectivity index (χ0v) is 15.0. The Bertz CT molecular complexity index is 791. The fourth-order valence-electron chi connectivity index (χ4n) is 2.85. The van der Waals surface area contributed by atoms with Crippen molar-refractivity contribution in [3.63, 3.8) is 0 Å². The van der Waals surface area contributed by atoms with Crippen LogP contribution in [-0.4, -0.2) is 65.7 Å². The Kier molecular flexibility index (Phi) is 5.84. The lowest BCUT2D eigenvalue weighted by molar-refractivity contribution is -0.130. The summed E-state index contributed by atoms with van der Waals surface area (Å²) >= 11 is 0. The fourth-order valence-corrected chi connectivity index (χ4v) is 2.85. The zero-order chi connectivity index (χ0) is 19.4. The monoisotopic (exact) mass is 382 g/mol. The number of hydrogen-bond acceptors (Lipinski definition) is 7. The largest absolute Gasteiger partial charge is 0.493 e. The number of carbonyl (C=O) groups is 1. The van der Waals surface area contributed by atoms with Gasteiger partial charge in [0.1, 0.15) is 0 Å². The third-order valence-electron chi connectivity index (χ3n) is 4.28. The molecule has 1 aliphatic rings. The van der Waals surface area contributed by atoms with Gasteiger partial charge >= 0.3 is 6.61 Å². The van der Waals surface area contributed by atoms with Crippen LogP contribution in [-0.2, 0) is 11.3 Å². The summed E-state index contributed by atoms with van der Waals surface area (Å²) in [7, 11) is 1.36. The first kappa shape index (κ1) is 19.0. The molecule has 1 amide bonds. The molecule has 1 aromatic carbocycles. The van der Waals surface area contributed by atoms with Crippen molar-refractivity contribution in [2.24, 2.45) is 0 Å². The van der Waals surface area contributed by atoms with E-state index in [1.807, 2.05) is 0 Å². The molecule has 0 spiro atoms. The molecule has 2 heterocycles. The number of nitrogens with zero attached hydrogens (tertiary/aromatic N) is 4. The topological polar surface area (TPSA) is 80.9 Å². The first-order chi connectivity index (χ1) is 13.0. The molecular formula is C17H20F2N4O4. The van der Waals surface area contributed by atoms with E-state index in [0.717, 1.165) is 13.1 Å². The van der Waals surface area contributed by atoms with Crippen molar-refractivity contribution in [1.82, 2.24) is 19.9 Å². The molecule has 2 aromatic rings. The summed E-state index contributed by atoms with van der Waals surface area (Å²) < 4.78 is 39.6. The van der Waals surface area contributed by atoms with Gasteiger partial charge in [0.15, 0.2) is 11.5 Å². The molecule has 1 saturated heterocycles. The van der Waals surface area contributed by atoms with Crippen LogP contribution in [0.3, 0.4) is 0 Å². The van der Waals surface area contributed by atoms with E-state index >= 15 is 0 Å². The van der Waals surface area contributed by atoms with Gasteiger partial charge in [0.25, 0.3) is 0 Å². The van der Waals surface area contributed by atoms with Crippen molar-refractivity contribution in [1.29, 1.82) is 0 Å². The van der Waals surface area contributed by atoms with Gasteiger partial charge in [-0.2, -0.15) is 13.8 Å². The second kappa shape index (κ2) is 8.30. The predicted octanol–water partition coefficient (Wildman–Crippen LogP) is 2.01. The molecule has 3 rings (SSSR count). The molecule has 1 aromatic heterocycles. The van der Waals surface area contributed by atoms with Crippen molar-refractivity contribution in [3.8, 4) is 22.9 Å². The van der Waals surface area contributed by atoms with Crippen molar-refractivity contribution >= 4 is 5.91 Å². The van der Waals surface area contributed by atoms with E-state index in [1.54, 1.807) is 17.9 Å². The van der Waals surface area contributed by atoms with Crippen molar-refractivity contribution < 1.29 is 27.6 Å². The average molecular weight is 382 g/mol. The summed E-state index contributed by atoms with van der Waals surface area (Å²) in [5.41, 5.74) is 0.560. The minimum atomic E-state index is -2.94. The Morgan fingerprint density at radius 1 is 1.26 bits per heavy atom. The normalized spacial score (nSPS) is 15.2. The Labute approximate surface area is 154 Å². The van der Waals surface area contributed by atoms with Crippen molar-refractivity contribution in [2.45, 2.75) is 20.1 Å². The Morgan fingerprint density at radius 2 is 2.00 bits per heavy atom. The molecule has 10 heteroatoms. The molecule has 0 saturated carbocycles. The highest BCUT2D eigenvalue weighted by Crippen LogP contribution is 2.32. The van der Waals surface area contributed by atoms with Gasteiger partial charge in [0.05, 0.1) is 13.7 Å². The standard InChI is InChI=1S/C17H20F2N4O4/c1-11(24)23-7-5-22(6-8-23)10-15-20-16(21-27-15)12-3-4-13(26-17(18)19)14(9-12)25-2/h3-4,9,17H,5-8,10H2,1-2H3. The lowest BCUT2D eigenvalue weighted by Gasteiger charge is -2.33. The van der Waals surface area contributed by atoms with Crippen LogP contribution < -0.4 is 9.47 Å². The number of methoxy groups -OCH3 is 1. The van der Waals surface area contributed by atoms with E-state index in [-0.39, 0.29) is 17.4 Å². The fraction of sp³-hybridized carbons (Fsp3) is 0.471. The summed E-state index contributed by atoms with van der Waals surface area (Å²) in [4.78, 5) is 19.6. The maximum Gasteiger partial charge on any atom is 0.387 e. The summed E-state index contributed by atoms with van der Waals surface area (Å²) in [6, 6.07) is 4.44. The van der Waals surface area contributed by atoms with E-state index in [9.17, 15) is 13.6 Å². The molecule has 1 aliphatic heterocycles.